The molecule has 0 aromatic heterocycles. The Morgan fingerprint density at radius 1 is 0.762 bits per heavy atom. The highest BCUT2D eigenvalue weighted by molar-refractivity contribution is 7.80. The fourth-order valence-corrected chi connectivity index (χ4v) is 1.19. The van der Waals surface area contributed by atoms with Crippen molar-refractivity contribution in [2.24, 2.45) is 17.2 Å². The minimum atomic E-state index is -1.48. The number of rotatable bonds is 7. The molecule has 0 rings (SSSR count). The SMILES string of the molecule is N[C@@H](CS)C(=O)OC(=O)C[C@H](N)C(=O)OC(=O)[C@@H](N)CS. The first-order chi connectivity index (χ1) is 9.72. The van der Waals surface area contributed by atoms with Gasteiger partial charge in [-0.2, -0.15) is 25.3 Å². The van der Waals surface area contributed by atoms with Crippen molar-refractivity contribution in [1.82, 2.24) is 0 Å². The van der Waals surface area contributed by atoms with Crippen LogP contribution in [0.25, 0.3) is 0 Å². The highest BCUT2D eigenvalue weighted by Gasteiger charge is 2.26. The number of carbonyl (C=O) groups excluding carboxylic acids is 4. The van der Waals surface area contributed by atoms with Crippen LogP contribution in [0.1, 0.15) is 6.42 Å². The molecule has 0 spiro atoms. The lowest BCUT2D eigenvalue weighted by atomic mass is 10.2. The maximum Gasteiger partial charge on any atom is 0.331 e. The summed E-state index contributed by atoms with van der Waals surface area (Å²) in [4.78, 5) is 45.1. The zero-order chi connectivity index (χ0) is 16.6. The molecule has 0 aromatic rings. The van der Waals surface area contributed by atoms with E-state index in [-0.39, 0.29) is 11.5 Å². The molecule has 21 heavy (non-hydrogen) atoms. The Kier molecular flexibility index (Phi) is 9.21. The lowest BCUT2D eigenvalue weighted by molar-refractivity contribution is -0.166. The molecule has 6 N–H and O–H groups in total. The first kappa shape index (κ1) is 19.9. The van der Waals surface area contributed by atoms with E-state index in [4.69, 9.17) is 17.2 Å². The van der Waals surface area contributed by atoms with Crippen molar-refractivity contribution >= 4 is 49.1 Å². The predicted octanol–water partition coefficient (Wildman–Crippen LogP) is -2.64. The normalized spacial score (nSPS) is 14.7. The summed E-state index contributed by atoms with van der Waals surface area (Å²) < 4.78 is 8.67. The van der Waals surface area contributed by atoms with Gasteiger partial charge in [-0.25, -0.2) is 14.4 Å². The second-order valence-electron chi connectivity index (χ2n) is 3.92. The van der Waals surface area contributed by atoms with Gasteiger partial charge in [-0.05, 0) is 0 Å². The molecule has 0 fully saturated rings. The first-order valence-corrected chi connectivity index (χ1v) is 6.97. The minimum absolute atomic E-state index is 0.0175. The molecule has 0 aliphatic heterocycles. The largest absolute Gasteiger partial charge is 0.392 e. The van der Waals surface area contributed by atoms with Crippen molar-refractivity contribution in [1.29, 1.82) is 0 Å². The van der Waals surface area contributed by atoms with E-state index in [1.54, 1.807) is 0 Å². The van der Waals surface area contributed by atoms with Gasteiger partial charge >= 0.3 is 23.9 Å². The number of hydrogen-bond donors (Lipinski definition) is 5. The van der Waals surface area contributed by atoms with Crippen LogP contribution >= 0.6 is 25.3 Å². The van der Waals surface area contributed by atoms with Gasteiger partial charge in [0.1, 0.15) is 18.1 Å². The second-order valence-corrected chi connectivity index (χ2v) is 4.65. The van der Waals surface area contributed by atoms with Crippen molar-refractivity contribution < 1.29 is 28.7 Å². The summed E-state index contributed by atoms with van der Waals surface area (Å²) >= 11 is 7.51. The van der Waals surface area contributed by atoms with Crippen LogP contribution in [0.4, 0.5) is 0 Å². The molecular formula is C10H17N3O6S2. The van der Waals surface area contributed by atoms with E-state index in [9.17, 15) is 19.2 Å². The number of nitrogens with two attached hydrogens (primary N) is 3. The molecule has 9 nitrogen and oxygen atoms in total. The Morgan fingerprint density at radius 3 is 1.57 bits per heavy atom. The van der Waals surface area contributed by atoms with Gasteiger partial charge in [0.05, 0.1) is 6.42 Å². The topological polar surface area (TPSA) is 165 Å². The highest BCUT2D eigenvalue weighted by Crippen LogP contribution is 1.99. The molecule has 0 unspecified atom stereocenters. The number of esters is 4. The fraction of sp³-hybridized carbons (Fsp3) is 0.600. The van der Waals surface area contributed by atoms with Crippen LogP contribution in [-0.2, 0) is 28.7 Å². The van der Waals surface area contributed by atoms with Gasteiger partial charge < -0.3 is 26.7 Å². The summed E-state index contributed by atoms with van der Waals surface area (Å²) in [7, 11) is 0. The minimum Gasteiger partial charge on any atom is -0.392 e. The van der Waals surface area contributed by atoms with Crippen molar-refractivity contribution in [3.8, 4) is 0 Å². The monoisotopic (exact) mass is 339 g/mol. The summed E-state index contributed by atoms with van der Waals surface area (Å²) in [6.07, 6.45) is -0.659. The summed E-state index contributed by atoms with van der Waals surface area (Å²) in [5.41, 5.74) is 15.9. The molecule has 11 heteroatoms. The lowest BCUT2D eigenvalue weighted by Gasteiger charge is -2.12. The summed E-state index contributed by atoms with van der Waals surface area (Å²) in [5, 5.41) is 0. The van der Waals surface area contributed by atoms with Crippen LogP contribution in [0.2, 0.25) is 0 Å². The summed E-state index contributed by atoms with van der Waals surface area (Å²) in [6.45, 7) is 0. The van der Waals surface area contributed by atoms with E-state index < -0.39 is 48.4 Å². The Bertz CT molecular complexity index is 420. The first-order valence-electron chi connectivity index (χ1n) is 5.71. The number of hydrogen-bond acceptors (Lipinski definition) is 11. The lowest BCUT2D eigenvalue weighted by Crippen LogP contribution is -2.42. The van der Waals surface area contributed by atoms with Crippen molar-refractivity contribution in [2.45, 2.75) is 24.5 Å². The van der Waals surface area contributed by atoms with Crippen LogP contribution in [-0.4, -0.2) is 53.5 Å². The molecule has 0 saturated heterocycles. The predicted molar refractivity (Wildman–Crippen MR) is 78.4 cm³/mol. The molecular weight excluding hydrogens is 322 g/mol. The summed E-state index contributed by atoms with van der Waals surface area (Å²) in [6, 6.07) is -3.64. The quantitative estimate of drug-likeness (QED) is 0.189. The number of ether oxygens (including phenoxy) is 2. The zero-order valence-corrected chi connectivity index (χ0v) is 12.7. The van der Waals surface area contributed by atoms with Gasteiger partial charge in [0.25, 0.3) is 0 Å². The molecule has 0 aromatic carbocycles. The molecule has 0 heterocycles. The Labute approximate surface area is 131 Å². The zero-order valence-electron chi connectivity index (χ0n) is 10.9. The second kappa shape index (κ2) is 9.73. The third-order valence-electron chi connectivity index (χ3n) is 2.10. The van der Waals surface area contributed by atoms with E-state index in [2.05, 4.69) is 34.7 Å². The van der Waals surface area contributed by atoms with Crippen LogP contribution in [0.5, 0.6) is 0 Å². The fourth-order valence-electron chi connectivity index (χ4n) is 0.892. The maximum atomic E-state index is 11.4. The molecule has 0 aliphatic rings. The van der Waals surface area contributed by atoms with Gasteiger partial charge in [0.15, 0.2) is 0 Å². The average molecular weight is 339 g/mol. The van der Waals surface area contributed by atoms with E-state index in [1.807, 2.05) is 0 Å². The van der Waals surface area contributed by atoms with Gasteiger partial charge in [-0.15, -0.1) is 0 Å². The van der Waals surface area contributed by atoms with Crippen LogP contribution in [0.3, 0.4) is 0 Å². The standard InChI is InChI=1S/C10H17N3O6S2/c11-4(8(15)19-10(17)6(13)3-21)1-7(14)18-9(16)5(12)2-20/h4-6,20-21H,1-3,11-13H2/t4-,5-,6-/m0/s1. The Hall–Kier alpha value is -1.14. The molecule has 120 valence electrons. The molecule has 0 saturated carbocycles. The smallest absolute Gasteiger partial charge is 0.331 e. The van der Waals surface area contributed by atoms with E-state index in [1.165, 1.54) is 0 Å². The van der Waals surface area contributed by atoms with Gasteiger partial charge in [0, 0.05) is 11.5 Å². The molecule has 0 bridgehead atoms. The molecule has 3 atom stereocenters. The summed E-state index contributed by atoms with van der Waals surface area (Å²) in [5.74, 6) is -4.31. The van der Waals surface area contributed by atoms with Crippen LogP contribution in [0, 0.1) is 0 Å². The van der Waals surface area contributed by atoms with E-state index >= 15 is 0 Å². The van der Waals surface area contributed by atoms with Gasteiger partial charge in [-0.3, -0.25) is 4.79 Å². The van der Waals surface area contributed by atoms with Crippen molar-refractivity contribution in [3.63, 3.8) is 0 Å². The third-order valence-corrected chi connectivity index (χ3v) is 2.89. The van der Waals surface area contributed by atoms with E-state index in [0.717, 1.165) is 0 Å². The highest BCUT2D eigenvalue weighted by atomic mass is 32.1. The Morgan fingerprint density at radius 2 is 1.14 bits per heavy atom. The number of thiol groups is 2. The average Bonchev–Trinajstić information content (AvgIpc) is 2.44. The van der Waals surface area contributed by atoms with Gasteiger partial charge in [0.2, 0.25) is 0 Å². The van der Waals surface area contributed by atoms with Crippen molar-refractivity contribution in [2.75, 3.05) is 11.5 Å². The molecule has 0 amide bonds. The van der Waals surface area contributed by atoms with Crippen LogP contribution < -0.4 is 17.2 Å². The number of carbonyl (C=O) groups is 4. The molecule has 0 radical (unpaired) electrons. The van der Waals surface area contributed by atoms with E-state index in [0.29, 0.717) is 0 Å². The maximum absolute atomic E-state index is 11.4. The van der Waals surface area contributed by atoms with Crippen LogP contribution in [0.15, 0.2) is 0 Å². The molecule has 0 aliphatic carbocycles. The third kappa shape index (κ3) is 7.43. The van der Waals surface area contributed by atoms with Crippen molar-refractivity contribution in [3.05, 3.63) is 0 Å². The van der Waals surface area contributed by atoms with Gasteiger partial charge in [-0.1, -0.05) is 0 Å². The Balaban J connectivity index is 4.32.